The molecule has 0 aliphatic rings. The summed E-state index contributed by atoms with van der Waals surface area (Å²) in [6, 6.07) is 12.9. The lowest BCUT2D eigenvalue weighted by Gasteiger charge is -1.97. The highest BCUT2D eigenvalue weighted by Gasteiger charge is 1.94. The van der Waals surface area contributed by atoms with Gasteiger partial charge in [0.25, 0.3) is 0 Å². The van der Waals surface area contributed by atoms with Crippen LogP contribution < -0.4 is 10.3 Å². The van der Waals surface area contributed by atoms with Gasteiger partial charge in [-0.1, -0.05) is 35.2 Å². The van der Waals surface area contributed by atoms with E-state index in [4.69, 9.17) is 0 Å². The molecule has 0 saturated carbocycles. The van der Waals surface area contributed by atoms with Crippen molar-refractivity contribution >= 4 is 12.0 Å². The van der Waals surface area contributed by atoms with Crippen molar-refractivity contribution in [2.24, 2.45) is 5.10 Å². The van der Waals surface area contributed by atoms with Crippen molar-refractivity contribution in [2.45, 2.75) is 0 Å². The van der Waals surface area contributed by atoms with Crippen molar-refractivity contribution < 1.29 is 4.85 Å². The maximum Gasteiger partial charge on any atom is 0.215 e. The van der Waals surface area contributed by atoms with E-state index in [-0.39, 0.29) is 0 Å². The van der Waals surface area contributed by atoms with Crippen molar-refractivity contribution in [1.29, 1.82) is 0 Å². The van der Waals surface area contributed by atoms with E-state index in [1.165, 1.54) is 6.20 Å². The van der Waals surface area contributed by atoms with E-state index in [2.05, 4.69) is 15.6 Å². The summed E-state index contributed by atoms with van der Waals surface area (Å²) in [6.07, 6.45) is 2.97. The van der Waals surface area contributed by atoms with Crippen molar-refractivity contribution in [2.75, 3.05) is 5.43 Å². The van der Waals surface area contributed by atoms with Gasteiger partial charge in [0.1, 0.15) is 0 Å². The van der Waals surface area contributed by atoms with E-state index in [1.54, 1.807) is 18.3 Å². The van der Waals surface area contributed by atoms with Crippen LogP contribution >= 0.6 is 0 Å². The first-order valence-electron chi connectivity index (χ1n) is 4.75. The Morgan fingerprint density at radius 3 is 2.75 bits per heavy atom. The largest absolute Gasteiger partial charge is 0.594 e. The lowest BCUT2D eigenvalue weighted by atomic mass is 10.2. The molecule has 0 atom stereocenters. The first-order chi connectivity index (χ1) is 7.84. The zero-order valence-corrected chi connectivity index (χ0v) is 8.45. The summed E-state index contributed by atoms with van der Waals surface area (Å²) in [5.74, 6) is 0.407. The Hall–Kier alpha value is -2.43. The van der Waals surface area contributed by atoms with Crippen LogP contribution in [0.1, 0.15) is 5.56 Å². The molecular weight excluding hydrogens is 204 g/mol. The van der Waals surface area contributed by atoms with Crippen molar-refractivity contribution in [3.63, 3.8) is 0 Å². The Labute approximate surface area is 92.6 Å². The third kappa shape index (κ3) is 2.78. The standard InChI is InChI=1S/C11H10N4O/c16-15-8-4-7-11(14-15)13-12-9-10-5-2-1-3-6-10/h1-9H,(H,13,14)/b12-9+. The zero-order valence-electron chi connectivity index (χ0n) is 8.45. The van der Waals surface area contributed by atoms with Crippen LogP contribution in [0, 0.1) is 5.21 Å². The van der Waals surface area contributed by atoms with Crippen LogP contribution in [-0.4, -0.2) is 11.3 Å². The molecule has 0 aliphatic carbocycles. The molecule has 2 aromatic rings. The first kappa shape index (κ1) is 10.1. The summed E-state index contributed by atoms with van der Waals surface area (Å²) >= 11 is 0. The van der Waals surface area contributed by atoms with Gasteiger partial charge in [-0.15, -0.1) is 0 Å². The number of nitrogens with one attached hydrogen (secondary N) is 1. The Bertz CT molecular complexity index is 484. The number of hydrazone groups is 1. The highest BCUT2D eigenvalue weighted by molar-refractivity contribution is 5.79. The van der Waals surface area contributed by atoms with Crippen LogP contribution in [0.4, 0.5) is 5.82 Å². The minimum Gasteiger partial charge on any atom is -0.594 e. The first-order valence-corrected chi connectivity index (χ1v) is 4.75. The third-order valence-corrected chi connectivity index (χ3v) is 1.87. The van der Waals surface area contributed by atoms with E-state index in [9.17, 15) is 5.21 Å². The molecule has 0 saturated heterocycles. The third-order valence-electron chi connectivity index (χ3n) is 1.87. The van der Waals surface area contributed by atoms with Crippen molar-refractivity contribution in [3.8, 4) is 0 Å². The Morgan fingerprint density at radius 1 is 1.19 bits per heavy atom. The summed E-state index contributed by atoms with van der Waals surface area (Å²) in [4.78, 5) is 0.473. The lowest BCUT2D eigenvalue weighted by molar-refractivity contribution is -0.667. The quantitative estimate of drug-likeness (QED) is 0.361. The second kappa shape index (κ2) is 4.88. The van der Waals surface area contributed by atoms with Gasteiger partial charge in [0.15, 0.2) is 0 Å². The Morgan fingerprint density at radius 2 is 2.00 bits per heavy atom. The highest BCUT2D eigenvalue weighted by Crippen LogP contribution is 1.97. The molecule has 0 unspecified atom stereocenters. The molecule has 0 fully saturated rings. The Kier molecular flexibility index (Phi) is 3.08. The molecule has 0 amide bonds. The number of nitrogens with zero attached hydrogens (tertiary/aromatic N) is 3. The van der Waals surface area contributed by atoms with Gasteiger partial charge in [-0.05, 0) is 11.6 Å². The molecule has 0 radical (unpaired) electrons. The van der Waals surface area contributed by atoms with Gasteiger partial charge in [-0.25, -0.2) is 0 Å². The second-order valence-corrected chi connectivity index (χ2v) is 3.08. The van der Waals surface area contributed by atoms with E-state index in [0.29, 0.717) is 10.7 Å². The molecule has 1 aromatic heterocycles. The number of anilines is 1. The van der Waals surface area contributed by atoms with Crippen molar-refractivity contribution in [1.82, 2.24) is 5.10 Å². The predicted octanol–water partition coefficient (Wildman–Crippen LogP) is 1.16. The highest BCUT2D eigenvalue weighted by atomic mass is 16.5. The van der Waals surface area contributed by atoms with Crippen LogP contribution in [0.2, 0.25) is 0 Å². The van der Waals surface area contributed by atoms with Crippen molar-refractivity contribution in [3.05, 3.63) is 59.4 Å². The van der Waals surface area contributed by atoms with Gasteiger partial charge in [-0.3, -0.25) is 5.43 Å². The molecule has 1 aromatic carbocycles. The van der Waals surface area contributed by atoms with Gasteiger partial charge in [0, 0.05) is 11.2 Å². The number of benzene rings is 1. The Balaban J connectivity index is 2.00. The van der Waals surface area contributed by atoms with Gasteiger partial charge in [0.2, 0.25) is 12.0 Å². The summed E-state index contributed by atoms with van der Waals surface area (Å²) in [7, 11) is 0. The minimum atomic E-state index is 0.407. The molecule has 16 heavy (non-hydrogen) atoms. The minimum absolute atomic E-state index is 0.407. The van der Waals surface area contributed by atoms with E-state index < -0.39 is 0 Å². The summed E-state index contributed by atoms with van der Waals surface area (Å²) in [6.45, 7) is 0. The second-order valence-electron chi connectivity index (χ2n) is 3.08. The molecule has 1 heterocycles. The normalized spacial score (nSPS) is 10.5. The van der Waals surface area contributed by atoms with E-state index in [0.717, 1.165) is 5.56 Å². The van der Waals surface area contributed by atoms with Crippen LogP contribution in [0.25, 0.3) is 0 Å². The number of hydrogen-bond donors (Lipinski definition) is 1. The maximum absolute atomic E-state index is 10.8. The van der Waals surface area contributed by atoms with Crippen LogP contribution in [0.3, 0.4) is 0 Å². The van der Waals surface area contributed by atoms with Crippen LogP contribution in [0.15, 0.2) is 53.8 Å². The molecule has 1 N–H and O–H groups in total. The summed E-state index contributed by atoms with van der Waals surface area (Å²) in [5, 5.41) is 18.4. The number of aromatic nitrogens is 2. The zero-order chi connectivity index (χ0) is 11.2. The monoisotopic (exact) mass is 214 g/mol. The van der Waals surface area contributed by atoms with E-state index in [1.807, 2.05) is 30.3 Å². The van der Waals surface area contributed by atoms with Gasteiger partial charge >= 0.3 is 0 Å². The molecule has 2 rings (SSSR count). The molecule has 5 heteroatoms. The molecule has 5 nitrogen and oxygen atoms in total. The fourth-order valence-corrected chi connectivity index (χ4v) is 1.15. The van der Waals surface area contributed by atoms with Gasteiger partial charge in [-0.2, -0.15) is 5.10 Å². The molecule has 0 bridgehead atoms. The van der Waals surface area contributed by atoms with Crippen LogP contribution in [0.5, 0.6) is 0 Å². The fraction of sp³-hybridized carbons (Fsp3) is 0. The smallest absolute Gasteiger partial charge is 0.215 e. The molecule has 0 aliphatic heterocycles. The lowest BCUT2D eigenvalue weighted by Crippen LogP contribution is -2.30. The average molecular weight is 214 g/mol. The number of hydrogen-bond acceptors (Lipinski definition) is 4. The fourth-order valence-electron chi connectivity index (χ4n) is 1.15. The van der Waals surface area contributed by atoms with Gasteiger partial charge in [0.05, 0.1) is 6.21 Å². The van der Waals surface area contributed by atoms with Crippen LogP contribution in [-0.2, 0) is 0 Å². The topological polar surface area (TPSA) is 64.2 Å². The van der Waals surface area contributed by atoms with Gasteiger partial charge < -0.3 is 5.21 Å². The predicted molar refractivity (Wildman–Crippen MR) is 60.9 cm³/mol. The maximum atomic E-state index is 10.8. The molecule has 80 valence electrons. The summed E-state index contributed by atoms with van der Waals surface area (Å²) < 4.78 is 0. The van der Waals surface area contributed by atoms with E-state index >= 15 is 0 Å². The SMILES string of the molecule is [O-][n+]1cccc(N/N=C/c2ccccc2)n1. The number of rotatable bonds is 3. The molecule has 0 spiro atoms. The summed E-state index contributed by atoms with van der Waals surface area (Å²) in [5.41, 5.74) is 3.64. The average Bonchev–Trinajstić information content (AvgIpc) is 2.30. The molecular formula is C11H10N4O.